The highest BCUT2D eigenvalue weighted by Crippen LogP contribution is 1.85. The van der Waals surface area contributed by atoms with E-state index in [9.17, 15) is 4.79 Å². The van der Waals surface area contributed by atoms with E-state index in [1.807, 2.05) is 6.07 Å². The molecule has 1 aromatic rings. The molecule has 1 heterocycles. The third kappa shape index (κ3) is 7.74. The largest absolute Gasteiger partial charge is 0.378 e. The summed E-state index contributed by atoms with van der Waals surface area (Å²) in [7, 11) is 0. The fourth-order valence-corrected chi connectivity index (χ4v) is 1.43. The molecule has 0 fully saturated rings. The van der Waals surface area contributed by atoms with Crippen molar-refractivity contribution in [2.24, 2.45) is 5.73 Å². The Kier molecular flexibility index (Phi) is 8.91. The molecule has 0 aliphatic carbocycles. The summed E-state index contributed by atoms with van der Waals surface area (Å²) >= 11 is 0. The maximum Gasteiger partial charge on any atom is 0.250 e. The van der Waals surface area contributed by atoms with Crippen LogP contribution in [0.3, 0.4) is 0 Å². The van der Waals surface area contributed by atoms with Crippen LogP contribution in [-0.4, -0.2) is 50.8 Å². The SMILES string of the molecule is NCCOCCOCCOCCn1ccccc1=O. The van der Waals surface area contributed by atoms with Gasteiger partial charge in [0.15, 0.2) is 0 Å². The van der Waals surface area contributed by atoms with E-state index in [1.165, 1.54) is 6.07 Å². The van der Waals surface area contributed by atoms with Gasteiger partial charge in [-0.1, -0.05) is 6.07 Å². The topological polar surface area (TPSA) is 75.7 Å². The van der Waals surface area contributed by atoms with Gasteiger partial charge in [-0.15, -0.1) is 0 Å². The lowest BCUT2D eigenvalue weighted by Gasteiger charge is -2.07. The smallest absolute Gasteiger partial charge is 0.250 e. The van der Waals surface area contributed by atoms with E-state index in [2.05, 4.69) is 0 Å². The number of hydrogen-bond acceptors (Lipinski definition) is 5. The second-order valence-corrected chi connectivity index (χ2v) is 3.86. The van der Waals surface area contributed by atoms with Crippen LogP contribution in [0.5, 0.6) is 0 Å². The minimum Gasteiger partial charge on any atom is -0.378 e. The predicted octanol–water partition coefficient (Wildman–Crippen LogP) is -0.143. The second-order valence-electron chi connectivity index (χ2n) is 3.86. The molecular weight excluding hydrogens is 248 g/mol. The molecule has 6 nitrogen and oxygen atoms in total. The first kappa shape index (κ1) is 15.8. The summed E-state index contributed by atoms with van der Waals surface area (Å²) in [6.45, 7) is 4.27. The van der Waals surface area contributed by atoms with E-state index >= 15 is 0 Å². The molecule has 19 heavy (non-hydrogen) atoms. The molecule has 0 saturated carbocycles. The number of rotatable bonds is 11. The average Bonchev–Trinajstić information content (AvgIpc) is 2.43. The van der Waals surface area contributed by atoms with E-state index in [0.29, 0.717) is 52.7 Å². The standard InChI is InChI=1S/C13H22N2O4/c14-4-7-17-9-11-19-12-10-18-8-6-15-5-2-1-3-13(15)16/h1-3,5H,4,6-12,14H2. The van der Waals surface area contributed by atoms with Crippen LogP contribution >= 0.6 is 0 Å². The molecule has 0 bridgehead atoms. The number of pyridine rings is 1. The molecule has 0 amide bonds. The monoisotopic (exact) mass is 270 g/mol. The first-order valence-electron chi connectivity index (χ1n) is 6.43. The van der Waals surface area contributed by atoms with Crippen LogP contribution in [0, 0.1) is 0 Å². The van der Waals surface area contributed by atoms with Gasteiger partial charge in [-0.2, -0.15) is 0 Å². The molecule has 0 aliphatic heterocycles. The van der Waals surface area contributed by atoms with E-state index in [4.69, 9.17) is 19.9 Å². The lowest BCUT2D eigenvalue weighted by molar-refractivity contribution is 0.0144. The number of aromatic nitrogens is 1. The zero-order valence-corrected chi connectivity index (χ0v) is 11.1. The van der Waals surface area contributed by atoms with Gasteiger partial charge in [0.25, 0.3) is 5.56 Å². The van der Waals surface area contributed by atoms with Gasteiger partial charge in [0.05, 0.1) is 39.6 Å². The Labute approximate surface area is 113 Å². The molecule has 0 saturated heterocycles. The zero-order chi connectivity index (χ0) is 13.8. The summed E-state index contributed by atoms with van der Waals surface area (Å²) in [4.78, 5) is 11.4. The third-order valence-corrected chi connectivity index (χ3v) is 2.38. The van der Waals surface area contributed by atoms with E-state index in [-0.39, 0.29) is 5.56 Å². The number of nitrogens with two attached hydrogens (primary N) is 1. The summed E-state index contributed by atoms with van der Waals surface area (Å²) in [6.07, 6.45) is 1.75. The van der Waals surface area contributed by atoms with Crippen LogP contribution in [0.4, 0.5) is 0 Å². The zero-order valence-electron chi connectivity index (χ0n) is 11.1. The van der Waals surface area contributed by atoms with Crippen LogP contribution in [0.25, 0.3) is 0 Å². The van der Waals surface area contributed by atoms with Crippen molar-refractivity contribution in [2.75, 3.05) is 46.2 Å². The molecular formula is C13H22N2O4. The summed E-state index contributed by atoms with van der Waals surface area (Å²) in [6, 6.07) is 5.08. The van der Waals surface area contributed by atoms with Gasteiger partial charge in [0, 0.05) is 25.4 Å². The molecule has 6 heteroatoms. The van der Waals surface area contributed by atoms with Gasteiger partial charge < -0.3 is 24.5 Å². The van der Waals surface area contributed by atoms with Gasteiger partial charge in [0.1, 0.15) is 0 Å². The highest BCUT2D eigenvalue weighted by molar-refractivity contribution is 4.92. The van der Waals surface area contributed by atoms with Crippen molar-refractivity contribution in [3.63, 3.8) is 0 Å². The molecule has 0 aromatic carbocycles. The first-order chi connectivity index (χ1) is 9.34. The lowest BCUT2D eigenvalue weighted by Crippen LogP contribution is -2.21. The fraction of sp³-hybridized carbons (Fsp3) is 0.615. The minimum absolute atomic E-state index is 0.0144. The molecule has 0 aliphatic rings. The molecule has 0 radical (unpaired) electrons. The van der Waals surface area contributed by atoms with Crippen LogP contribution in [0.2, 0.25) is 0 Å². The highest BCUT2D eigenvalue weighted by Gasteiger charge is 1.94. The maximum atomic E-state index is 11.4. The van der Waals surface area contributed by atoms with Crippen molar-refractivity contribution in [3.05, 3.63) is 34.7 Å². The number of ether oxygens (including phenoxy) is 3. The second kappa shape index (κ2) is 10.7. The van der Waals surface area contributed by atoms with Crippen molar-refractivity contribution in [3.8, 4) is 0 Å². The normalized spacial score (nSPS) is 10.8. The molecule has 0 unspecified atom stereocenters. The molecule has 108 valence electrons. The van der Waals surface area contributed by atoms with Crippen LogP contribution in [0.1, 0.15) is 0 Å². The molecule has 1 aromatic heterocycles. The first-order valence-corrected chi connectivity index (χ1v) is 6.43. The highest BCUT2D eigenvalue weighted by atomic mass is 16.5. The Morgan fingerprint density at radius 2 is 1.58 bits per heavy atom. The predicted molar refractivity (Wildman–Crippen MR) is 72.2 cm³/mol. The van der Waals surface area contributed by atoms with Crippen LogP contribution in [-0.2, 0) is 20.8 Å². The van der Waals surface area contributed by atoms with E-state index < -0.39 is 0 Å². The Hall–Kier alpha value is -1.21. The van der Waals surface area contributed by atoms with Crippen LogP contribution in [0.15, 0.2) is 29.2 Å². The maximum absolute atomic E-state index is 11.4. The molecule has 0 spiro atoms. The van der Waals surface area contributed by atoms with Crippen LogP contribution < -0.4 is 11.3 Å². The Bertz CT molecular complexity index is 381. The summed E-state index contributed by atoms with van der Waals surface area (Å²) < 4.78 is 17.4. The lowest BCUT2D eigenvalue weighted by atomic mass is 10.5. The molecule has 1 rings (SSSR count). The van der Waals surface area contributed by atoms with Crippen molar-refractivity contribution in [1.29, 1.82) is 0 Å². The van der Waals surface area contributed by atoms with Gasteiger partial charge in [-0.05, 0) is 6.07 Å². The Balaban J connectivity index is 1.92. The molecule has 2 N–H and O–H groups in total. The minimum atomic E-state index is -0.0144. The van der Waals surface area contributed by atoms with E-state index in [0.717, 1.165) is 0 Å². The Morgan fingerprint density at radius 3 is 2.21 bits per heavy atom. The van der Waals surface area contributed by atoms with Gasteiger partial charge in [-0.3, -0.25) is 4.79 Å². The number of nitrogens with zero attached hydrogens (tertiary/aromatic N) is 1. The van der Waals surface area contributed by atoms with Crippen molar-refractivity contribution in [2.45, 2.75) is 6.54 Å². The summed E-state index contributed by atoms with van der Waals surface area (Å²) in [5.41, 5.74) is 5.26. The third-order valence-electron chi connectivity index (χ3n) is 2.38. The van der Waals surface area contributed by atoms with Crippen molar-refractivity contribution >= 4 is 0 Å². The van der Waals surface area contributed by atoms with Crippen molar-refractivity contribution < 1.29 is 14.2 Å². The van der Waals surface area contributed by atoms with Gasteiger partial charge >= 0.3 is 0 Å². The molecule has 0 atom stereocenters. The van der Waals surface area contributed by atoms with Gasteiger partial charge in [0.2, 0.25) is 0 Å². The van der Waals surface area contributed by atoms with E-state index in [1.54, 1.807) is 16.8 Å². The average molecular weight is 270 g/mol. The van der Waals surface area contributed by atoms with Crippen molar-refractivity contribution in [1.82, 2.24) is 4.57 Å². The Morgan fingerprint density at radius 1 is 0.947 bits per heavy atom. The number of hydrogen-bond donors (Lipinski definition) is 1. The summed E-state index contributed by atoms with van der Waals surface area (Å²) in [5.74, 6) is 0. The van der Waals surface area contributed by atoms with Gasteiger partial charge in [-0.25, -0.2) is 0 Å². The quantitative estimate of drug-likeness (QED) is 0.566. The summed E-state index contributed by atoms with van der Waals surface area (Å²) in [5, 5.41) is 0. The fourth-order valence-electron chi connectivity index (χ4n) is 1.43.